The van der Waals surface area contributed by atoms with E-state index in [1.807, 2.05) is 10.6 Å². The molecule has 1 saturated heterocycles. The van der Waals surface area contributed by atoms with Crippen molar-refractivity contribution in [3.63, 3.8) is 0 Å². The number of nitrogens with two attached hydrogens (primary N) is 1. The lowest BCUT2D eigenvalue weighted by atomic mass is 10.5. The van der Waals surface area contributed by atoms with Crippen LogP contribution in [0, 0.1) is 0 Å². The zero-order valence-electron chi connectivity index (χ0n) is 5.88. The van der Waals surface area contributed by atoms with Gasteiger partial charge in [-0.05, 0) is 0 Å². The predicted molar refractivity (Wildman–Crippen MR) is 43.6 cm³/mol. The molecule has 12 heavy (non-hydrogen) atoms. The summed E-state index contributed by atoms with van der Waals surface area (Å²) in [6.45, 7) is 0. The minimum atomic E-state index is -1.04. The van der Waals surface area contributed by atoms with Crippen LogP contribution in [0.15, 0.2) is 0 Å². The molecule has 1 unspecified atom stereocenters. The van der Waals surface area contributed by atoms with Crippen LogP contribution in [0.25, 0.3) is 0 Å². The number of rotatable bonds is 1. The molecular formula is C4H8N4O3S. The second-order valence-corrected chi connectivity index (χ2v) is 1.90. The van der Waals surface area contributed by atoms with Crippen molar-refractivity contribution in [1.29, 1.82) is 0 Å². The van der Waals surface area contributed by atoms with E-state index in [2.05, 4.69) is 5.32 Å². The van der Waals surface area contributed by atoms with Gasteiger partial charge in [-0.2, -0.15) is 13.5 Å². The molecule has 5 N–H and O–H groups in total. The second-order valence-electron chi connectivity index (χ2n) is 1.90. The monoisotopic (exact) mass is 192 g/mol. The number of nitrogens with one attached hydrogen (secondary N) is 3. The normalized spacial score (nSPS) is 20.5. The Hall–Kier alpha value is -1.44. The van der Waals surface area contributed by atoms with E-state index in [0.29, 0.717) is 0 Å². The molecule has 0 aliphatic carbocycles. The Balaban J connectivity index is 0.00000121. The highest BCUT2D eigenvalue weighted by molar-refractivity contribution is 7.59. The van der Waals surface area contributed by atoms with Gasteiger partial charge < -0.3 is 16.4 Å². The smallest absolute Gasteiger partial charge is 0.323 e. The van der Waals surface area contributed by atoms with E-state index in [4.69, 9.17) is 5.73 Å². The van der Waals surface area contributed by atoms with Gasteiger partial charge >= 0.3 is 12.1 Å². The molecule has 0 aromatic heterocycles. The molecule has 1 aliphatic rings. The van der Waals surface area contributed by atoms with Gasteiger partial charge in [0.1, 0.15) is 0 Å². The number of hydrogen-bond acceptors (Lipinski definition) is 3. The molecule has 68 valence electrons. The van der Waals surface area contributed by atoms with Crippen LogP contribution in [0.4, 0.5) is 9.59 Å². The summed E-state index contributed by atoms with van der Waals surface area (Å²) in [5.41, 5.74) is 4.70. The van der Waals surface area contributed by atoms with Crippen LogP contribution in [0.1, 0.15) is 0 Å². The number of primary amides is 1. The summed E-state index contributed by atoms with van der Waals surface area (Å²) in [7, 11) is 0. The zero-order valence-corrected chi connectivity index (χ0v) is 6.88. The minimum Gasteiger partial charge on any atom is -0.352 e. The maximum Gasteiger partial charge on any atom is 0.323 e. The van der Waals surface area contributed by atoms with Crippen LogP contribution in [0.3, 0.4) is 0 Å². The Labute approximate surface area is 74.5 Å². The van der Waals surface area contributed by atoms with Gasteiger partial charge in [0.15, 0.2) is 6.17 Å². The number of urea groups is 2. The van der Waals surface area contributed by atoms with Crippen molar-refractivity contribution >= 4 is 31.5 Å². The summed E-state index contributed by atoms with van der Waals surface area (Å²) in [6.07, 6.45) is -1.04. The molecule has 0 aromatic rings. The maximum absolute atomic E-state index is 10.7. The van der Waals surface area contributed by atoms with Crippen molar-refractivity contribution in [2.75, 3.05) is 0 Å². The molecular weight excluding hydrogens is 184 g/mol. The van der Waals surface area contributed by atoms with Gasteiger partial charge in [0.05, 0.1) is 0 Å². The third-order valence-electron chi connectivity index (χ3n) is 1.06. The van der Waals surface area contributed by atoms with E-state index in [0.717, 1.165) is 0 Å². The van der Waals surface area contributed by atoms with Gasteiger partial charge in [-0.25, -0.2) is 9.59 Å². The molecule has 7 nitrogen and oxygen atoms in total. The van der Waals surface area contributed by atoms with Crippen molar-refractivity contribution in [3.05, 3.63) is 0 Å². The first-order valence-corrected chi connectivity index (χ1v) is 2.77. The molecule has 8 heteroatoms. The molecule has 1 fully saturated rings. The highest BCUT2D eigenvalue weighted by Crippen LogP contribution is 1.86. The number of amides is 5. The van der Waals surface area contributed by atoms with Crippen LogP contribution in [0.2, 0.25) is 0 Å². The summed E-state index contributed by atoms with van der Waals surface area (Å²) < 4.78 is 0. The Morgan fingerprint density at radius 3 is 2.42 bits per heavy atom. The van der Waals surface area contributed by atoms with Crippen molar-refractivity contribution < 1.29 is 14.4 Å². The third-order valence-corrected chi connectivity index (χ3v) is 1.06. The number of imide groups is 1. The minimum absolute atomic E-state index is 0. The van der Waals surface area contributed by atoms with Crippen LogP contribution < -0.4 is 21.7 Å². The van der Waals surface area contributed by atoms with Crippen molar-refractivity contribution in [2.45, 2.75) is 6.17 Å². The van der Waals surface area contributed by atoms with Crippen LogP contribution in [-0.2, 0) is 4.79 Å². The van der Waals surface area contributed by atoms with Gasteiger partial charge in [-0.15, -0.1) is 0 Å². The Morgan fingerprint density at radius 2 is 2.08 bits per heavy atom. The lowest BCUT2D eigenvalue weighted by Crippen LogP contribution is -2.48. The van der Waals surface area contributed by atoms with Crippen LogP contribution in [0.5, 0.6) is 0 Å². The standard InChI is InChI=1S/C4H6N4O3.H2S/c5-3(10)6-1-2(9)8-4(11)7-1;/h1H,(H3,5,6,10)(H2,7,8,9,11);1H2. The van der Waals surface area contributed by atoms with Crippen LogP contribution >= 0.6 is 13.5 Å². The molecule has 5 amide bonds. The highest BCUT2D eigenvalue weighted by Gasteiger charge is 2.29. The van der Waals surface area contributed by atoms with Gasteiger partial charge in [0, 0.05) is 0 Å². The van der Waals surface area contributed by atoms with Gasteiger partial charge in [0.25, 0.3) is 5.91 Å². The topological polar surface area (TPSA) is 113 Å². The van der Waals surface area contributed by atoms with E-state index >= 15 is 0 Å². The van der Waals surface area contributed by atoms with Crippen LogP contribution in [-0.4, -0.2) is 24.1 Å². The van der Waals surface area contributed by atoms with Crippen molar-refractivity contribution in [3.8, 4) is 0 Å². The maximum atomic E-state index is 10.7. The molecule has 1 aliphatic heterocycles. The molecule has 0 radical (unpaired) electrons. The zero-order chi connectivity index (χ0) is 8.43. The fourth-order valence-corrected chi connectivity index (χ4v) is 0.661. The first-order valence-electron chi connectivity index (χ1n) is 2.77. The first-order chi connectivity index (χ1) is 5.09. The van der Waals surface area contributed by atoms with E-state index < -0.39 is 24.1 Å². The molecule has 0 bridgehead atoms. The van der Waals surface area contributed by atoms with Crippen molar-refractivity contribution in [2.24, 2.45) is 5.73 Å². The molecule has 1 atom stereocenters. The highest BCUT2D eigenvalue weighted by atomic mass is 32.1. The summed E-state index contributed by atoms with van der Waals surface area (Å²) in [4.78, 5) is 31.3. The molecule has 0 saturated carbocycles. The Morgan fingerprint density at radius 1 is 1.50 bits per heavy atom. The van der Waals surface area contributed by atoms with Gasteiger partial charge in [-0.1, -0.05) is 0 Å². The molecule has 1 rings (SSSR count). The largest absolute Gasteiger partial charge is 0.352 e. The van der Waals surface area contributed by atoms with E-state index in [-0.39, 0.29) is 13.5 Å². The summed E-state index contributed by atoms with van der Waals surface area (Å²) in [6, 6.07) is -1.51. The molecule has 0 aromatic carbocycles. The number of carbonyl (C=O) groups is 3. The van der Waals surface area contributed by atoms with E-state index in [1.165, 1.54) is 0 Å². The molecule has 1 heterocycles. The van der Waals surface area contributed by atoms with E-state index in [9.17, 15) is 14.4 Å². The lowest BCUT2D eigenvalue weighted by molar-refractivity contribution is -0.120. The molecule has 0 spiro atoms. The summed E-state index contributed by atoms with van der Waals surface area (Å²) in [5, 5.41) is 6.05. The number of carbonyl (C=O) groups excluding carboxylic acids is 3. The van der Waals surface area contributed by atoms with Crippen molar-refractivity contribution in [1.82, 2.24) is 16.0 Å². The lowest BCUT2D eigenvalue weighted by Gasteiger charge is -2.05. The Kier molecular flexibility index (Phi) is 3.35. The SMILES string of the molecule is NC(=O)NC1NC(=O)NC1=O.S. The van der Waals surface area contributed by atoms with Gasteiger partial charge in [0.2, 0.25) is 0 Å². The van der Waals surface area contributed by atoms with Gasteiger partial charge in [-0.3, -0.25) is 10.1 Å². The average Bonchev–Trinajstić information content (AvgIpc) is 2.09. The first kappa shape index (κ1) is 10.6. The fourth-order valence-electron chi connectivity index (χ4n) is 0.661. The third kappa shape index (κ3) is 2.31. The quantitative estimate of drug-likeness (QED) is 0.358. The van der Waals surface area contributed by atoms with E-state index in [1.54, 1.807) is 0 Å². The average molecular weight is 192 g/mol. The number of hydrogen-bond donors (Lipinski definition) is 4. The second kappa shape index (κ2) is 3.81. The fraction of sp³-hybridized carbons (Fsp3) is 0.250. The Bertz CT molecular complexity index is 230. The predicted octanol–water partition coefficient (Wildman–Crippen LogP) is -2.07. The summed E-state index contributed by atoms with van der Waals surface area (Å²) in [5.74, 6) is -0.617. The summed E-state index contributed by atoms with van der Waals surface area (Å²) >= 11 is 0.